The van der Waals surface area contributed by atoms with Gasteiger partial charge in [0.2, 0.25) is 0 Å². The summed E-state index contributed by atoms with van der Waals surface area (Å²) in [7, 11) is 1.64. The smallest absolute Gasteiger partial charge is 0.328 e. The maximum absolute atomic E-state index is 12.8. The maximum atomic E-state index is 12.8. The monoisotopic (exact) mass is 451 g/mol. The van der Waals surface area contributed by atoms with Crippen LogP contribution in [0.15, 0.2) is 46.6 Å². The largest absolute Gasteiger partial charge is 0.497 e. The van der Waals surface area contributed by atoms with E-state index in [-0.39, 0.29) is 5.69 Å². The highest BCUT2D eigenvalue weighted by Gasteiger charge is 2.16. The molecule has 4 aromatic rings. The first-order valence-electron chi connectivity index (χ1n) is 10.3. The minimum absolute atomic E-state index is 0.250. The Bertz CT molecular complexity index is 1250. The van der Waals surface area contributed by atoms with E-state index in [4.69, 9.17) is 4.74 Å². The Balaban J connectivity index is 1.68. The van der Waals surface area contributed by atoms with Crippen LogP contribution in [0.4, 0.5) is 5.82 Å². The van der Waals surface area contributed by atoms with Gasteiger partial charge in [-0.25, -0.2) is 24.7 Å². The summed E-state index contributed by atoms with van der Waals surface area (Å²) >= 11 is 1.57. The molecule has 0 aliphatic rings. The van der Waals surface area contributed by atoms with Gasteiger partial charge in [-0.1, -0.05) is 30.8 Å². The lowest BCUT2D eigenvalue weighted by Gasteiger charge is -2.10. The van der Waals surface area contributed by atoms with E-state index < -0.39 is 0 Å². The number of ether oxygens (including phenoxy) is 1. The van der Waals surface area contributed by atoms with E-state index in [1.165, 1.54) is 0 Å². The predicted octanol–water partition coefficient (Wildman–Crippen LogP) is 3.39. The highest BCUT2D eigenvalue weighted by atomic mass is 32.2. The zero-order chi connectivity index (χ0) is 22.5. The molecule has 3 aromatic heterocycles. The molecule has 2 N–H and O–H groups in total. The van der Waals surface area contributed by atoms with E-state index in [9.17, 15) is 4.79 Å². The van der Waals surface area contributed by atoms with Gasteiger partial charge in [0.05, 0.1) is 13.7 Å². The number of imidazole rings is 1. The van der Waals surface area contributed by atoms with E-state index in [1.54, 1.807) is 35.8 Å². The Labute approximate surface area is 189 Å². The van der Waals surface area contributed by atoms with Gasteiger partial charge in [-0.05, 0) is 31.0 Å². The number of fused-ring (bicyclic) bond motifs is 1. The second-order valence-corrected chi connectivity index (χ2v) is 8.32. The Morgan fingerprint density at radius 1 is 1.12 bits per heavy atom. The minimum atomic E-state index is -0.250. The molecule has 0 fully saturated rings. The molecular formula is C22H25N7O2S. The number of nitrogens with zero attached hydrogens (tertiary/aromatic N) is 5. The molecular weight excluding hydrogens is 426 g/mol. The summed E-state index contributed by atoms with van der Waals surface area (Å²) in [6.45, 7) is 4.81. The van der Waals surface area contributed by atoms with Crippen molar-refractivity contribution >= 4 is 28.7 Å². The lowest BCUT2D eigenvalue weighted by molar-refractivity contribution is 0.414. The highest BCUT2D eigenvalue weighted by molar-refractivity contribution is 7.99. The lowest BCUT2D eigenvalue weighted by Crippen LogP contribution is -2.18. The first-order chi connectivity index (χ1) is 15.6. The van der Waals surface area contributed by atoms with Crippen molar-refractivity contribution in [1.82, 2.24) is 29.5 Å². The van der Waals surface area contributed by atoms with Crippen LogP contribution >= 0.6 is 11.8 Å². The quantitative estimate of drug-likeness (QED) is 0.294. The fraction of sp³-hybridized carbons (Fsp3) is 0.318. The van der Waals surface area contributed by atoms with E-state index in [0.717, 1.165) is 29.1 Å². The van der Waals surface area contributed by atoms with Crippen molar-refractivity contribution in [1.29, 1.82) is 0 Å². The van der Waals surface area contributed by atoms with Crippen molar-refractivity contribution in [2.45, 2.75) is 38.5 Å². The molecule has 0 saturated heterocycles. The first kappa shape index (κ1) is 21.8. The zero-order valence-corrected chi connectivity index (χ0v) is 19.1. The number of hydrogen-bond donors (Lipinski definition) is 2. The van der Waals surface area contributed by atoms with Crippen molar-refractivity contribution in [2.24, 2.45) is 0 Å². The molecule has 10 heteroatoms. The molecule has 0 spiro atoms. The van der Waals surface area contributed by atoms with Crippen LogP contribution in [-0.2, 0) is 13.1 Å². The fourth-order valence-corrected chi connectivity index (χ4v) is 3.85. The third kappa shape index (κ3) is 4.91. The summed E-state index contributed by atoms with van der Waals surface area (Å²) in [4.78, 5) is 33.5. The molecule has 3 heterocycles. The number of rotatable bonds is 9. The van der Waals surface area contributed by atoms with Crippen LogP contribution in [0.1, 0.15) is 30.3 Å². The Morgan fingerprint density at radius 2 is 1.88 bits per heavy atom. The van der Waals surface area contributed by atoms with Gasteiger partial charge in [0.15, 0.2) is 16.6 Å². The average molecular weight is 452 g/mol. The molecule has 0 radical (unpaired) electrons. The summed E-state index contributed by atoms with van der Waals surface area (Å²) in [5, 5.41) is 3.99. The minimum Gasteiger partial charge on any atom is -0.497 e. The molecule has 32 heavy (non-hydrogen) atoms. The van der Waals surface area contributed by atoms with Gasteiger partial charge >= 0.3 is 5.69 Å². The Kier molecular flexibility index (Phi) is 6.69. The Morgan fingerprint density at radius 3 is 2.56 bits per heavy atom. The van der Waals surface area contributed by atoms with Crippen molar-refractivity contribution in [3.05, 3.63) is 64.1 Å². The summed E-state index contributed by atoms with van der Waals surface area (Å²) in [5.74, 6) is 2.98. The number of aromatic amines is 1. The third-order valence-corrected chi connectivity index (χ3v) is 5.88. The van der Waals surface area contributed by atoms with Gasteiger partial charge in [0.1, 0.15) is 17.1 Å². The number of nitrogens with one attached hydrogen (secondary N) is 2. The summed E-state index contributed by atoms with van der Waals surface area (Å²) in [6, 6.07) is 7.80. The second-order valence-electron chi connectivity index (χ2n) is 7.26. The molecule has 0 bridgehead atoms. The number of methoxy groups -OCH3 is 1. The van der Waals surface area contributed by atoms with E-state index >= 15 is 0 Å². The van der Waals surface area contributed by atoms with Crippen LogP contribution in [0.3, 0.4) is 0 Å². The van der Waals surface area contributed by atoms with Crippen molar-refractivity contribution < 1.29 is 4.74 Å². The topological polar surface area (TPSA) is 111 Å². The predicted molar refractivity (Wildman–Crippen MR) is 125 cm³/mol. The number of aromatic nitrogens is 6. The molecule has 0 amide bonds. The maximum Gasteiger partial charge on any atom is 0.328 e. The fourth-order valence-electron chi connectivity index (χ4n) is 3.16. The summed E-state index contributed by atoms with van der Waals surface area (Å²) in [5.41, 5.74) is 2.78. The van der Waals surface area contributed by atoms with Gasteiger partial charge in [-0.2, -0.15) is 0 Å². The Hall–Kier alpha value is -3.40. The number of hydrogen-bond acceptors (Lipinski definition) is 8. The average Bonchev–Trinajstić information content (AvgIpc) is 3.13. The number of anilines is 1. The van der Waals surface area contributed by atoms with Crippen LogP contribution in [0.25, 0.3) is 11.2 Å². The van der Waals surface area contributed by atoms with Gasteiger partial charge in [-0.15, -0.1) is 0 Å². The van der Waals surface area contributed by atoms with Gasteiger partial charge in [0, 0.05) is 30.3 Å². The first-order valence-corrected chi connectivity index (χ1v) is 11.3. The second kappa shape index (κ2) is 9.82. The normalized spacial score (nSPS) is 11.1. The number of H-pyrrole nitrogens is 1. The summed E-state index contributed by atoms with van der Waals surface area (Å²) in [6.07, 6.45) is 4.45. The van der Waals surface area contributed by atoms with Crippen LogP contribution < -0.4 is 15.7 Å². The molecule has 4 rings (SSSR count). The van der Waals surface area contributed by atoms with Gasteiger partial charge in [-0.3, -0.25) is 4.57 Å². The number of benzene rings is 1. The third-order valence-electron chi connectivity index (χ3n) is 4.83. The molecule has 0 aliphatic carbocycles. The zero-order valence-electron chi connectivity index (χ0n) is 18.3. The van der Waals surface area contributed by atoms with Crippen LogP contribution in [0, 0.1) is 6.92 Å². The highest BCUT2D eigenvalue weighted by Crippen LogP contribution is 2.24. The van der Waals surface area contributed by atoms with Crippen LogP contribution in [0.2, 0.25) is 0 Å². The molecule has 166 valence electrons. The van der Waals surface area contributed by atoms with Crippen LogP contribution in [0.5, 0.6) is 5.75 Å². The van der Waals surface area contributed by atoms with Gasteiger partial charge in [0.25, 0.3) is 0 Å². The molecule has 1 aromatic carbocycles. The van der Waals surface area contributed by atoms with Crippen LogP contribution in [-0.4, -0.2) is 42.3 Å². The summed E-state index contributed by atoms with van der Waals surface area (Å²) < 4.78 is 6.82. The molecule has 9 nitrogen and oxygen atoms in total. The molecule has 0 saturated carbocycles. The van der Waals surface area contributed by atoms with Crippen molar-refractivity contribution in [3.63, 3.8) is 0 Å². The molecule has 0 atom stereocenters. The number of thioether (sulfide) groups is 1. The lowest BCUT2D eigenvalue weighted by atomic mass is 10.2. The molecule has 0 unspecified atom stereocenters. The standard InChI is InChI=1S/C22H25N7O2S/c1-4-9-32-21-27-19(25-10-15-5-7-17(31-3)8-6-15)18-20(28-21)29(22(30)26-18)13-16-11-23-14(2)24-12-16/h5-8,11-12H,4,9-10,13H2,1-3H3,(H,26,30)(H,25,27,28). The van der Waals surface area contributed by atoms with E-state index in [2.05, 4.69) is 37.2 Å². The number of aryl methyl sites for hydroxylation is 1. The molecule has 0 aliphatic heterocycles. The van der Waals surface area contributed by atoms with Crippen molar-refractivity contribution in [2.75, 3.05) is 18.2 Å². The van der Waals surface area contributed by atoms with E-state index in [0.29, 0.717) is 41.1 Å². The SMILES string of the molecule is CCCSc1nc(NCc2ccc(OC)cc2)c2[nH]c(=O)n(Cc3cnc(C)nc3)c2n1. The van der Waals surface area contributed by atoms with Crippen molar-refractivity contribution in [3.8, 4) is 5.75 Å². The van der Waals surface area contributed by atoms with Gasteiger partial charge < -0.3 is 15.0 Å². The van der Waals surface area contributed by atoms with E-state index in [1.807, 2.05) is 31.2 Å².